The van der Waals surface area contributed by atoms with Gasteiger partial charge < -0.3 is 0 Å². The number of ketones is 1. The van der Waals surface area contributed by atoms with Crippen molar-refractivity contribution in [3.05, 3.63) is 126 Å². The maximum atomic E-state index is 14.5. The van der Waals surface area contributed by atoms with Gasteiger partial charge in [0, 0.05) is 24.9 Å². The van der Waals surface area contributed by atoms with Gasteiger partial charge in [-0.15, -0.1) is 0 Å². The summed E-state index contributed by atoms with van der Waals surface area (Å²) >= 11 is 0. The monoisotopic (exact) mass is 610 g/mol. The van der Waals surface area contributed by atoms with E-state index in [1.165, 1.54) is 20.7 Å². The molecule has 43 heavy (non-hydrogen) atoms. The molecule has 0 spiro atoms. The van der Waals surface area contributed by atoms with Gasteiger partial charge in [-0.05, 0) is 48.7 Å². The van der Waals surface area contributed by atoms with Gasteiger partial charge in [0.05, 0.1) is 21.9 Å². The number of nitrogens with zero attached hydrogens (tertiary/aromatic N) is 2. The zero-order chi connectivity index (χ0) is 30.4. The minimum Gasteiger partial charge on any atom is -0.299 e. The topological polar surface area (TPSA) is 91.8 Å². The van der Waals surface area contributed by atoms with Crippen LogP contribution in [0.15, 0.2) is 119 Å². The highest BCUT2D eigenvalue weighted by molar-refractivity contribution is 7.89. The number of aryl methyl sites for hydroxylation is 1. The normalized spacial score (nSPS) is 23.5. The zero-order valence-corrected chi connectivity index (χ0v) is 25.3. The van der Waals surface area contributed by atoms with Crippen LogP contribution in [0.25, 0.3) is 0 Å². The van der Waals surface area contributed by atoms with E-state index in [0.717, 1.165) is 11.1 Å². The molecule has 0 amide bonds. The third-order valence-electron chi connectivity index (χ3n) is 8.55. The molecular weight excluding hydrogens is 579 g/mol. The first-order valence-electron chi connectivity index (χ1n) is 14.2. The van der Waals surface area contributed by atoms with Crippen LogP contribution in [0, 0.1) is 12.8 Å². The van der Waals surface area contributed by atoms with Crippen molar-refractivity contribution in [2.45, 2.75) is 47.7 Å². The first-order chi connectivity index (χ1) is 20.6. The molecule has 6 rings (SSSR count). The van der Waals surface area contributed by atoms with Crippen LogP contribution in [-0.4, -0.2) is 51.7 Å². The van der Waals surface area contributed by atoms with Crippen molar-refractivity contribution in [1.29, 1.82) is 0 Å². The summed E-state index contributed by atoms with van der Waals surface area (Å²) in [6, 6.07) is 28.8. The minimum absolute atomic E-state index is 0.0617. The Balaban J connectivity index is 1.50. The summed E-state index contributed by atoms with van der Waals surface area (Å²) in [4.78, 5) is 14.1. The number of fused-ring (bicyclic) bond motifs is 1. The van der Waals surface area contributed by atoms with E-state index in [1.807, 2.05) is 67.6 Å². The summed E-state index contributed by atoms with van der Waals surface area (Å²) in [5, 5.41) is 0. The number of rotatable bonds is 6. The number of hydrogen-bond donors (Lipinski definition) is 0. The highest BCUT2D eigenvalue weighted by atomic mass is 32.2. The van der Waals surface area contributed by atoms with Crippen LogP contribution in [-0.2, 0) is 24.8 Å². The molecule has 2 heterocycles. The maximum Gasteiger partial charge on any atom is 0.243 e. The van der Waals surface area contributed by atoms with Crippen molar-refractivity contribution in [3.8, 4) is 0 Å². The molecule has 10 heteroatoms. The predicted molar refractivity (Wildman–Crippen MR) is 166 cm³/mol. The number of sulfonamides is 2. The summed E-state index contributed by atoms with van der Waals surface area (Å²) in [5.74, 6) is -0.998. The molecule has 4 atom stereocenters. The van der Waals surface area contributed by atoms with E-state index in [-0.39, 0.29) is 35.0 Å². The molecule has 0 N–H and O–H groups in total. The first-order valence-corrected chi connectivity index (χ1v) is 17.1. The van der Waals surface area contributed by atoms with Gasteiger partial charge in [0.25, 0.3) is 0 Å². The summed E-state index contributed by atoms with van der Waals surface area (Å²) in [6.07, 6.45) is 0.0524. The average Bonchev–Trinajstić information content (AvgIpc) is 3.01. The molecular formula is C33H31BN2O5S2. The quantitative estimate of drug-likeness (QED) is 0.304. The van der Waals surface area contributed by atoms with Crippen LogP contribution >= 0.6 is 0 Å². The van der Waals surface area contributed by atoms with Gasteiger partial charge in [-0.1, -0.05) is 96.0 Å². The molecule has 2 fully saturated rings. The molecule has 0 bridgehead atoms. The van der Waals surface area contributed by atoms with Gasteiger partial charge >= 0.3 is 0 Å². The lowest BCUT2D eigenvalue weighted by molar-refractivity contribution is -0.132. The Morgan fingerprint density at radius 1 is 0.674 bits per heavy atom. The maximum absolute atomic E-state index is 14.5. The summed E-state index contributed by atoms with van der Waals surface area (Å²) in [6.45, 7) is 1.75. The number of carbonyl (C=O) groups is 1. The number of hydrogen-bond acceptors (Lipinski definition) is 5. The lowest BCUT2D eigenvalue weighted by Gasteiger charge is -2.51. The molecule has 2 saturated heterocycles. The van der Waals surface area contributed by atoms with E-state index in [4.69, 9.17) is 7.85 Å². The molecule has 4 aromatic carbocycles. The fraction of sp³-hybridized carbons (Fsp3) is 0.242. The van der Waals surface area contributed by atoms with Crippen LogP contribution in [0.1, 0.15) is 41.6 Å². The van der Waals surface area contributed by atoms with E-state index < -0.39 is 44.1 Å². The molecule has 7 nitrogen and oxygen atoms in total. The lowest BCUT2D eigenvalue weighted by Crippen LogP contribution is -2.60. The number of carbonyl (C=O) groups excluding carboxylic acids is 1. The third kappa shape index (κ3) is 5.49. The molecule has 4 aromatic rings. The van der Waals surface area contributed by atoms with Gasteiger partial charge in [-0.25, -0.2) is 16.8 Å². The van der Waals surface area contributed by atoms with Crippen molar-refractivity contribution in [1.82, 2.24) is 8.61 Å². The number of Topliss-reactive ketones (excluding diaryl/α,β-unsaturated/α-hetero) is 1. The van der Waals surface area contributed by atoms with Crippen molar-refractivity contribution in [2.24, 2.45) is 5.92 Å². The van der Waals surface area contributed by atoms with Crippen LogP contribution < -0.4 is 5.46 Å². The molecule has 2 radical (unpaired) electrons. The highest BCUT2D eigenvalue weighted by Gasteiger charge is 2.54. The van der Waals surface area contributed by atoms with Crippen LogP contribution in [0.3, 0.4) is 0 Å². The van der Waals surface area contributed by atoms with E-state index in [9.17, 15) is 21.6 Å². The number of benzene rings is 4. The molecule has 0 aliphatic carbocycles. The second-order valence-electron chi connectivity index (χ2n) is 11.2. The average molecular weight is 611 g/mol. The van der Waals surface area contributed by atoms with Gasteiger partial charge in [-0.3, -0.25) is 4.79 Å². The highest BCUT2D eigenvalue weighted by Crippen LogP contribution is 2.48. The fourth-order valence-electron chi connectivity index (χ4n) is 6.35. The van der Waals surface area contributed by atoms with Crippen LogP contribution in [0.4, 0.5) is 0 Å². The predicted octanol–water partition coefficient (Wildman–Crippen LogP) is 4.31. The van der Waals surface area contributed by atoms with Crippen molar-refractivity contribution in [2.75, 3.05) is 6.54 Å². The lowest BCUT2D eigenvalue weighted by atomic mass is 9.77. The summed E-state index contributed by atoms with van der Waals surface area (Å²) in [7, 11) is -2.28. The molecule has 0 saturated carbocycles. The smallest absolute Gasteiger partial charge is 0.243 e. The van der Waals surface area contributed by atoms with Gasteiger partial charge in [0.1, 0.15) is 13.6 Å². The first kappa shape index (κ1) is 29.5. The van der Waals surface area contributed by atoms with Crippen molar-refractivity contribution >= 4 is 39.1 Å². The SMILES string of the molecule is [B]c1ccc(S(=O)(=O)N2C(c3ccccc3)CC(=O)[C@@H]3CN(S(=O)(=O)c4ccc(C)cc4)C(c4ccccc4)C[C@@H]32)cc1. The molecule has 2 unspecified atom stereocenters. The Hall–Kier alpha value is -3.57. The van der Waals surface area contributed by atoms with Gasteiger partial charge in [0.2, 0.25) is 20.0 Å². The molecule has 218 valence electrons. The van der Waals surface area contributed by atoms with Crippen molar-refractivity contribution in [3.63, 3.8) is 0 Å². The van der Waals surface area contributed by atoms with E-state index in [0.29, 0.717) is 11.0 Å². The fourth-order valence-corrected chi connectivity index (χ4v) is 9.84. The summed E-state index contributed by atoms with van der Waals surface area (Å²) in [5.41, 5.74) is 2.80. The molecule has 2 aliphatic rings. The van der Waals surface area contributed by atoms with E-state index in [1.54, 1.807) is 36.4 Å². The van der Waals surface area contributed by atoms with Gasteiger partial charge in [-0.2, -0.15) is 8.61 Å². The third-order valence-corrected chi connectivity index (χ3v) is 12.4. The molecule has 2 aliphatic heterocycles. The Morgan fingerprint density at radius 3 is 1.77 bits per heavy atom. The largest absolute Gasteiger partial charge is 0.299 e. The van der Waals surface area contributed by atoms with Crippen molar-refractivity contribution < 1.29 is 21.6 Å². The Bertz CT molecular complexity index is 1830. The Morgan fingerprint density at radius 2 is 1.19 bits per heavy atom. The summed E-state index contributed by atoms with van der Waals surface area (Å²) < 4.78 is 60.1. The van der Waals surface area contributed by atoms with Crippen LogP contribution in [0.5, 0.6) is 0 Å². The Labute approximate surface area is 254 Å². The molecule has 0 aromatic heterocycles. The Kier molecular flexibility index (Phi) is 7.89. The van der Waals surface area contributed by atoms with Crippen LogP contribution in [0.2, 0.25) is 0 Å². The standard InChI is InChI=1S/C33H31BN2O5S2/c1-23-12-16-27(17-13-23)42(38,39)35-22-29-32(20-30(35)24-8-4-2-5-9-24)36(43(40,41)28-18-14-26(34)15-19-28)31(21-33(29)37)25-10-6-3-7-11-25/h2-19,29-32H,20-22H2,1H3/t29-,30?,31?,32+/m1/s1. The zero-order valence-electron chi connectivity index (χ0n) is 23.7. The van der Waals surface area contributed by atoms with E-state index in [2.05, 4.69) is 0 Å². The second kappa shape index (κ2) is 11.5. The second-order valence-corrected chi connectivity index (χ2v) is 15.0. The number of piperidine rings is 2. The minimum atomic E-state index is -4.13. The van der Waals surface area contributed by atoms with Gasteiger partial charge in [0.15, 0.2) is 0 Å². The van der Waals surface area contributed by atoms with E-state index >= 15 is 0 Å².